The molecule has 0 unspecified atom stereocenters. The third-order valence-electron chi connectivity index (χ3n) is 1.65. The average molecular weight is 209 g/mol. The summed E-state index contributed by atoms with van der Waals surface area (Å²) in [4.78, 5) is 11.5. The molecule has 0 aliphatic heterocycles. The van der Waals surface area contributed by atoms with Gasteiger partial charge in [-0.1, -0.05) is 11.3 Å². The van der Waals surface area contributed by atoms with Gasteiger partial charge in [-0.2, -0.15) is 0 Å². The molecule has 0 aliphatic carbocycles. The van der Waals surface area contributed by atoms with Gasteiger partial charge in [-0.05, 0) is 13.0 Å². The zero-order valence-electron chi connectivity index (χ0n) is 7.35. The molecule has 72 valence electrons. The van der Waals surface area contributed by atoms with Crippen molar-refractivity contribution in [3.63, 3.8) is 0 Å². The number of rotatable bonds is 2. The molecule has 2 aromatic heterocycles. The van der Waals surface area contributed by atoms with E-state index in [2.05, 4.69) is 15.5 Å². The van der Waals surface area contributed by atoms with Crippen molar-refractivity contribution in [3.05, 3.63) is 29.2 Å². The summed E-state index contributed by atoms with van der Waals surface area (Å²) in [7, 11) is 0. The van der Waals surface area contributed by atoms with E-state index in [1.165, 1.54) is 17.6 Å². The first-order valence-electron chi connectivity index (χ1n) is 3.89. The number of hydrogen-bond acceptors (Lipinski definition) is 5. The Hall–Kier alpha value is -1.69. The zero-order valence-corrected chi connectivity index (χ0v) is 8.17. The van der Waals surface area contributed by atoms with Crippen molar-refractivity contribution in [2.45, 2.75) is 6.92 Å². The maximum absolute atomic E-state index is 11.5. The molecule has 0 radical (unpaired) electrons. The lowest BCUT2D eigenvalue weighted by Gasteiger charge is -1.97. The van der Waals surface area contributed by atoms with Crippen LogP contribution < -0.4 is 5.32 Å². The standard InChI is InChI=1S/C8H7N3O2S/c1-5-2-3-13-6(5)7(12)10-8-11-9-4-14-8/h2-4H,1H3,(H,10,11,12). The number of amides is 1. The van der Waals surface area contributed by atoms with E-state index in [-0.39, 0.29) is 5.91 Å². The molecule has 0 aliphatic rings. The molecule has 2 aromatic rings. The summed E-state index contributed by atoms with van der Waals surface area (Å²) in [6, 6.07) is 1.73. The normalized spacial score (nSPS) is 10.1. The number of nitrogens with one attached hydrogen (secondary N) is 1. The van der Waals surface area contributed by atoms with Crippen LogP contribution in [-0.2, 0) is 0 Å². The Morgan fingerprint density at radius 2 is 2.50 bits per heavy atom. The Labute approximate surface area is 83.8 Å². The topological polar surface area (TPSA) is 68.0 Å². The fourth-order valence-electron chi connectivity index (χ4n) is 0.987. The molecule has 2 heterocycles. The summed E-state index contributed by atoms with van der Waals surface area (Å²) in [5, 5.41) is 10.3. The van der Waals surface area contributed by atoms with Crippen molar-refractivity contribution >= 4 is 22.4 Å². The molecule has 1 N–H and O–H groups in total. The Bertz CT molecular complexity index is 435. The Balaban J connectivity index is 2.14. The second kappa shape index (κ2) is 3.59. The first-order chi connectivity index (χ1) is 6.77. The molecule has 0 saturated heterocycles. The van der Waals surface area contributed by atoms with E-state index in [4.69, 9.17) is 4.42 Å². The van der Waals surface area contributed by atoms with Crippen LogP contribution in [0.25, 0.3) is 0 Å². The first kappa shape index (κ1) is 8.89. The van der Waals surface area contributed by atoms with Crippen LogP contribution in [0.2, 0.25) is 0 Å². The van der Waals surface area contributed by atoms with Crippen molar-refractivity contribution < 1.29 is 9.21 Å². The third-order valence-corrected chi connectivity index (χ3v) is 2.26. The summed E-state index contributed by atoms with van der Waals surface area (Å²) in [5.41, 5.74) is 2.34. The number of hydrogen-bond donors (Lipinski definition) is 1. The van der Waals surface area contributed by atoms with E-state index in [1.54, 1.807) is 18.5 Å². The van der Waals surface area contributed by atoms with E-state index in [0.29, 0.717) is 10.9 Å². The number of furan rings is 1. The van der Waals surface area contributed by atoms with Crippen LogP contribution in [0.4, 0.5) is 5.13 Å². The molecule has 0 bridgehead atoms. The maximum Gasteiger partial charge on any atom is 0.293 e. The van der Waals surface area contributed by atoms with Crippen LogP contribution >= 0.6 is 11.3 Å². The molecule has 2 rings (SSSR count). The lowest BCUT2D eigenvalue weighted by molar-refractivity contribution is 0.0996. The molecular formula is C8H7N3O2S. The van der Waals surface area contributed by atoms with Gasteiger partial charge in [-0.25, -0.2) is 0 Å². The van der Waals surface area contributed by atoms with Crippen molar-refractivity contribution in [2.75, 3.05) is 5.32 Å². The summed E-state index contributed by atoms with van der Waals surface area (Å²) in [6.45, 7) is 1.80. The largest absolute Gasteiger partial charge is 0.459 e. The molecule has 6 heteroatoms. The Kier molecular flexibility index (Phi) is 2.28. The first-order valence-corrected chi connectivity index (χ1v) is 4.77. The summed E-state index contributed by atoms with van der Waals surface area (Å²) >= 11 is 1.26. The highest BCUT2D eigenvalue weighted by Gasteiger charge is 2.13. The van der Waals surface area contributed by atoms with Crippen molar-refractivity contribution in [2.24, 2.45) is 0 Å². The predicted octanol–water partition coefficient (Wildman–Crippen LogP) is 1.69. The fourth-order valence-corrected chi connectivity index (χ4v) is 1.43. The summed E-state index contributed by atoms with van der Waals surface area (Å²) in [6.07, 6.45) is 1.48. The van der Waals surface area contributed by atoms with Gasteiger partial charge in [0.05, 0.1) is 6.26 Å². The van der Waals surface area contributed by atoms with Gasteiger partial charge in [0.2, 0.25) is 5.13 Å². The van der Waals surface area contributed by atoms with E-state index < -0.39 is 0 Å². The molecule has 0 fully saturated rings. The van der Waals surface area contributed by atoms with E-state index in [0.717, 1.165) is 5.56 Å². The van der Waals surface area contributed by atoms with Gasteiger partial charge in [0.25, 0.3) is 5.91 Å². The van der Waals surface area contributed by atoms with Crippen LogP contribution in [0.1, 0.15) is 16.1 Å². The number of carbonyl (C=O) groups is 1. The van der Waals surface area contributed by atoms with Gasteiger partial charge in [0, 0.05) is 5.56 Å². The van der Waals surface area contributed by atoms with Gasteiger partial charge in [0.1, 0.15) is 5.51 Å². The van der Waals surface area contributed by atoms with E-state index in [1.807, 2.05) is 0 Å². The van der Waals surface area contributed by atoms with Crippen molar-refractivity contribution in [1.29, 1.82) is 0 Å². The second-order valence-electron chi connectivity index (χ2n) is 2.63. The monoisotopic (exact) mass is 209 g/mol. The molecule has 0 saturated carbocycles. The fraction of sp³-hybridized carbons (Fsp3) is 0.125. The van der Waals surface area contributed by atoms with Crippen LogP contribution in [0.5, 0.6) is 0 Å². The highest BCUT2D eigenvalue weighted by Crippen LogP contribution is 2.13. The van der Waals surface area contributed by atoms with Gasteiger partial charge < -0.3 is 4.42 Å². The number of aromatic nitrogens is 2. The highest BCUT2D eigenvalue weighted by atomic mass is 32.1. The zero-order chi connectivity index (χ0) is 9.97. The van der Waals surface area contributed by atoms with Crippen LogP contribution in [-0.4, -0.2) is 16.1 Å². The van der Waals surface area contributed by atoms with Gasteiger partial charge in [0.15, 0.2) is 5.76 Å². The lowest BCUT2D eigenvalue weighted by atomic mass is 10.3. The molecule has 1 amide bonds. The van der Waals surface area contributed by atoms with Crippen LogP contribution in [0.15, 0.2) is 22.3 Å². The highest BCUT2D eigenvalue weighted by molar-refractivity contribution is 7.13. The SMILES string of the molecule is Cc1ccoc1C(=O)Nc1nncs1. The second-order valence-corrected chi connectivity index (χ2v) is 3.46. The third kappa shape index (κ3) is 1.64. The smallest absolute Gasteiger partial charge is 0.293 e. The number of aryl methyl sites for hydroxylation is 1. The lowest BCUT2D eigenvalue weighted by Crippen LogP contribution is -2.11. The maximum atomic E-state index is 11.5. The minimum absolute atomic E-state index is 0.302. The minimum Gasteiger partial charge on any atom is -0.459 e. The molecule has 0 spiro atoms. The quantitative estimate of drug-likeness (QED) is 0.817. The number of carbonyl (C=O) groups excluding carboxylic acids is 1. The molecule has 14 heavy (non-hydrogen) atoms. The summed E-state index contributed by atoms with van der Waals surface area (Å²) < 4.78 is 5.02. The molecular weight excluding hydrogens is 202 g/mol. The average Bonchev–Trinajstić information content (AvgIpc) is 2.75. The van der Waals surface area contributed by atoms with E-state index >= 15 is 0 Å². The van der Waals surface area contributed by atoms with Crippen LogP contribution in [0, 0.1) is 6.92 Å². The molecule has 0 aromatic carbocycles. The number of nitrogens with zero attached hydrogens (tertiary/aromatic N) is 2. The predicted molar refractivity (Wildman–Crippen MR) is 51.3 cm³/mol. The van der Waals surface area contributed by atoms with Gasteiger partial charge >= 0.3 is 0 Å². The Morgan fingerprint density at radius 3 is 3.07 bits per heavy atom. The van der Waals surface area contributed by atoms with Crippen molar-refractivity contribution in [3.8, 4) is 0 Å². The molecule has 5 nitrogen and oxygen atoms in total. The van der Waals surface area contributed by atoms with Gasteiger partial charge in [-0.15, -0.1) is 10.2 Å². The van der Waals surface area contributed by atoms with Crippen LogP contribution in [0.3, 0.4) is 0 Å². The Morgan fingerprint density at radius 1 is 1.64 bits per heavy atom. The molecule has 0 atom stereocenters. The number of anilines is 1. The van der Waals surface area contributed by atoms with E-state index in [9.17, 15) is 4.79 Å². The van der Waals surface area contributed by atoms with Gasteiger partial charge in [-0.3, -0.25) is 10.1 Å². The van der Waals surface area contributed by atoms with Crippen molar-refractivity contribution in [1.82, 2.24) is 10.2 Å². The summed E-state index contributed by atoms with van der Waals surface area (Å²) in [5.74, 6) is 0.00412. The minimum atomic E-state index is -0.302.